The maximum absolute atomic E-state index is 5.83. The van der Waals surface area contributed by atoms with Crippen LogP contribution < -0.4 is 5.32 Å². The molecule has 0 aliphatic heterocycles. The summed E-state index contributed by atoms with van der Waals surface area (Å²) in [6.45, 7) is 2.63. The van der Waals surface area contributed by atoms with Crippen molar-refractivity contribution in [1.82, 2.24) is 5.32 Å². The predicted molar refractivity (Wildman–Crippen MR) is 65.5 cm³/mol. The van der Waals surface area contributed by atoms with Gasteiger partial charge in [-0.2, -0.15) is 0 Å². The summed E-state index contributed by atoms with van der Waals surface area (Å²) in [6.07, 6.45) is 0. The van der Waals surface area contributed by atoms with Gasteiger partial charge < -0.3 is 5.32 Å². The summed E-state index contributed by atoms with van der Waals surface area (Å²) in [7, 11) is 0. The SMILES string of the molecule is CC(NCC(Cl)=CCl)c1ccc(Cl)s1. The van der Waals surface area contributed by atoms with Crippen LogP contribution in [0.15, 0.2) is 22.7 Å². The maximum Gasteiger partial charge on any atom is 0.0931 e. The average molecular weight is 271 g/mol. The zero-order chi connectivity index (χ0) is 10.6. The molecule has 0 spiro atoms. The second-order valence-electron chi connectivity index (χ2n) is 2.80. The molecule has 0 radical (unpaired) electrons. The molecule has 0 amide bonds. The third-order valence-corrected chi connectivity index (χ3v) is 3.75. The lowest BCUT2D eigenvalue weighted by molar-refractivity contribution is 0.624. The minimum atomic E-state index is 0.234. The zero-order valence-electron chi connectivity index (χ0n) is 7.56. The summed E-state index contributed by atoms with van der Waals surface area (Å²) >= 11 is 18.6. The number of hydrogen-bond donors (Lipinski definition) is 1. The second kappa shape index (κ2) is 5.99. The Bertz CT molecular complexity index is 322. The molecule has 0 bridgehead atoms. The molecule has 1 atom stereocenters. The van der Waals surface area contributed by atoms with E-state index in [0.717, 1.165) is 4.34 Å². The third-order valence-electron chi connectivity index (χ3n) is 1.72. The Kier molecular flexibility index (Phi) is 5.28. The molecule has 0 aromatic carbocycles. The quantitative estimate of drug-likeness (QED) is 0.856. The minimum Gasteiger partial charge on any atom is -0.304 e. The summed E-state index contributed by atoms with van der Waals surface area (Å²) in [4.78, 5) is 1.19. The van der Waals surface area contributed by atoms with Crippen molar-refractivity contribution in [2.45, 2.75) is 13.0 Å². The molecule has 1 nitrogen and oxygen atoms in total. The van der Waals surface area contributed by atoms with Crippen molar-refractivity contribution in [1.29, 1.82) is 0 Å². The monoisotopic (exact) mass is 269 g/mol. The normalized spacial score (nSPS) is 14.4. The number of rotatable bonds is 4. The summed E-state index contributed by atoms with van der Waals surface area (Å²) < 4.78 is 0.799. The molecule has 1 rings (SSSR count). The van der Waals surface area contributed by atoms with Gasteiger partial charge in [0.15, 0.2) is 0 Å². The van der Waals surface area contributed by atoms with Crippen molar-refractivity contribution in [3.8, 4) is 0 Å². The number of halogens is 3. The van der Waals surface area contributed by atoms with Crippen molar-refractivity contribution in [2.24, 2.45) is 0 Å². The van der Waals surface area contributed by atoms with E-state index in [-0.39, 0.29) is 6.04 Å². The first kappa shape index (κ1) is 12.3. The van der Waals surface area contributed by atoms with E-state index in [1.54, 1.807) is 11.3 Å². The van der Waals surface area contributed by atoms with E-state index < -0.39 is 0 Å². The maximum atomic E-state index is 5.83. The largest absolute Gasteiger partial charge is 0.304 e. The van der Waals surface area contributed by atoms with E-state index in [1.165, 1.54) is 10.4 Å². The van der Waals surface area contributed by atoms with Crippen LogP contribution in [0.25, 0.3) is 0 Å². The van der Waals surface area contributed by atoms with Gasteiger partial charge in [0, 0.05) is 28.0 Å². The van der Waals surface area contributed by atoms with E-state index in [1.807, 2.05) is 12.1 Å². The third kappa shape index (κ3) is 3.79. The lowest BCUT2D eigenvalue weighted by Crippen LogP contribution is -2.18. The molecular formula is C9H10Cl3NS. The van der Waals surface area contributed by atoms with Crippen LogP contribution in [0, 0.1) is 0 Å². The molecule has 1 N–H and O–H groups in total. The Morgan fingerprint density at radius 3 is 2.86 bits per heavy atom. The van der Waals surface area contributed by atoms with Gasteiger partial charge in [-0.15, -0.1) is 11.3 Å². The Labute approximate surface area is 103 Å². The van der Waals surface area contributed by atoms with Crippen LogP contribution in [0.5, 0.6) is 0 Å². The Morgan fingerprint density at radius 2 is 2.36 bits per heavy atom. The van der Waals surface area contributed by atoms with Crippen LogP contribution in [0.3, 0.4) is 0 Å². The molecule has 0 saturated carbocycles. The van der Waals surface area contributed by atoms with Gasteiger partial charge in [0.25, 0.3) is 0 Å². The van der Waals surface area contributed by atoms with E-state index >= 15 is 0 Å². The first-order chi connectivity index (χ1) is 6.63. The van der Waals surface area contributed by atoms with Crippen molar-refractivity contribution in [3.05, 3.63) is 31.9 Å². The highest BCUT2D eigenvalue weighted by atomic mass is 35.5. The first-order valence-corrected chi connectivity index (χ1v) is 6.07. The number of nitrogens with one attached hydrogen (secondary N) is 1. The van der Waals surface area contributed by atoms with Crippen molar-refractivity contribution in [3.63, 3.8) is 0 Å². The summed E-state index contributed by atoms with van der Waals surface area (Å²) in [6, 6.07) is 4.12. The lowest BCUT2D eigenvalue weighted by Gasteiger charge is -2.10. The van der Waals surface area contributed by atoms with Crippen LogP contribution in [-0.4, -0.2) is 6.54 Å². The highest BCUT2D eigenvalue weighted by Gasteiger charge is 2.07. The highest BCUT2D eigenvalue weighted by molar-refractivity contribution is 7.16. The molecule has 78 valence electrons. The van der Waals surface area contributed by atoms with Crippen LogP contribution >= 0.6 is 46.1 Å². The van der Waals surface area contributed by atoms with Gasteiger partial charge >= 0.3 is 0 Å². The van der Waals surface area contributed by atoms with E-state index in [0.29, 0.717) is 11.6 Å². The molecular weight excluding hydrogens is 261 g/mol. The molecule has 0 aliphatic carbocycles. The first-order valence-electron chi connectivity index (χ1n) is 4.07. The Hall–Kier alpha value is 0.270. The van der Waals surface area contributed by atoms with Gasteiger partial charge in [-0.3, -0.25) is 0 Å². The topological polar surface area (TPSA) is 12.0 Å². The summed E-state index contributed by atoms with van der Waals surface area (Å²) in [5.74, 6) is 0. The lowest BCUT2D eigenvalue weighted by atomic mass is 10.3. The van der Waals surface area contributed by atoms with E-state index in [2.05, 4.69) is 12.2 Å². The standard InChI is InChI=1S/C9H10Cl3NS/c1-6(13-5-7(11)4-10)8-2-3-9(12)14-8/h2-4,6,13H,5H2,1H3. The van der Waals surface area contributed by atoms with Gasteiger partial charge in [0.1, 0.15) is 0 Å². The molecule has 14 heavy (non-hydrogen) atoms. The summed E-state index contributed by atoms with van der Waals surface area (Å²) in [5.41, 5.74) is 1.36. The fourth-order valence-corrected chi connectivity index (χ4v) is 2.19. The Balaban J connectivity index is 2.47. The van der Waals surface area contributed by atoms with E-state index in [9.17, 15) is 0 Å². The molecule has 1 heterocycles. The van der Waals surface area contributed by atoms with Crippen LogP contribution in [0.2, 0.25) is 4.34 Å². The number of thiophene rings is 1. The van der Waals surface area contributed by atoms with Crippen LogP contribution in [0.1, 0.15) is 17.8 Å². The number of hydrogen-bond acceptors (Lipinski definition) is 2. The van der Waals surface area contributed by atoms with E-state index in [4.69, 9.17) is 34.8 Å². The highest BCUT2D eigenvalue weighted by Crippen LogP contribution is 2.26. The van der Waals surface area contributed by atoms with Gasteiger partial charge in [0.2, 0.25) is 0 Å². The molecule has 0 fully saturated rings. The summed E-state index contributed by atoms with van der Waals surface area (Å²) in [5, 5.41) is 3.83. The van der Waals surface area contributed by atoms with Crippen molar-refractivity contribution >= 4 is 46.1 Å². The molecule has 5 heteroatoms. The van der Waals surface area contributed by atoms with Gasteiger partial charge in [-0.25, -0.2) is 0 Å². The van der Waals surface area contributed by atoms with Crippen molar-refractivity contribution in [2.75, 3.05) is 6.54 Å². The second-order valence-corrected chi connectivity index (χ2v) is 5.25. The minimum absolute atomic E-state index is 0.234. The zero-order valence-corrected chi connectivity index (χ0v) is 10.6. The fourth-order valence-electron chi connectivity index (χ4n) is 0.951. The molecule has 1 aromatic heterocycles. The molecule has 1 unspecified atom stereocenters. The molecule has 0 aliphatic rings. The Morgan fingerprint density at radius 1 is 1.64 bits per heavy atom. The molecule has 1 aromatic rings. The van der Waals surface area contributed by atoms with Crippen LogP contribution in [-0.2, 0) is 0 Å². The average Bonchev–Trinajstić information content (AvgIpc) is 2.60. The predicted octanol–water partition coefficient (Wildman–Crippen LogP) is 4.37. The van der Waals surface area contributed by atoms with Crippen molar-refractivity contribution < 1.29 is 0 Å². The smallest absolute Gasteiger partial charge is 0.0931 e. The van der Waals surface area contributed by atoms with Gasteiger partial charge in [-0.05, 0) is 19.1 Å². The van der Waals surface area contributed by atoms with Crippen LogP contribution in [0.4, 0.5) is 0 Å². The fraction of sp³-hybridized carbons (Fsp3) is 0.333. The van der Waals surface area contributed by atoms with Gasteiger partial charge in [-0.1, -0.05) is 34.8 Å². The molecule has 0 saturated heterocycles. The van der Waals surface area contributed by atoms with Gasteiger partial charge in [0.05, 0.1) is 4.34 Å².